The van der Waals surface area contributed by atoms with Gasteiger partial charge in [-0.3, -0.25) is 0 Å². The normalized spacial score (nSPS) is 12.0. The third-order valence-corrected chi connectivity index (χ3v) is 16.2. The van der Waals surface area contributed by atoms with Crippen LogP contribution in [0.1, 0.15) is 43.2 Å². The van der Waals surface area contributed by atoms with E-state index in [9.17, 15) is 4.79 Å². The number of methoxy groups -OCH3 is 3. The molecule has 21 heavy (non-hydrogen) atoms. The van der Waals surface area contributed by atoms with Crippen LogP contribution >= 0.6 is 0 Å². The number of esters is 1. The van der Waals surface area contributed by atoms with E-state index >= 15 is 0 Å². The molecule has 1 aromatic rings. The van der Waals surface area contributed by atoms with Gasteiger partial charge in [0.2, 0.25) is 0 Å². The molecule has 7 heteroatoms. The minimum absolute atomic E-state index is 0.399. The number of aromatic amines is 1. The van der Waals surface area contributed by atoms with Gasteiger partial charge in [0.05, 0.1) is 0 Å². The molecular formula is C14H26GeN2O4. The Hall–Kier alpha value is -0.857. The van der Waals surface area contributed by atoms with Gasteiger partial charge in [-0.15, -0.1) is 0 Å². The Labute approximate surface area is 128 Å². The fourth-order valence-corrected chi connectivity index (χ4v) is 11.2. The van der Waals surface area contributed by atoms with Crippen LogP contribution in [0.3, 0.4) is 0 Å². The third-order valence-electron chi connectivity index (χ3n) is 4.40. The van der Waals surface area contributed by atoms with Gasteiger partial charge < -0.3 is 0 Å². The average Bonchev–Trinajstić information content (AvgIpc) is 2.96. The van der Waals surface area contributed by atoms with Crippen LogP contribution in [0.25, 0.3) is 0 Å². The molecule has 0 aliphatic heterocycles. The van der Waals surface area contributed by atoms with Gasteiger partial charge in [0.15, 0.2) is 0 Å². The predicted octanol–water partition coefficient (Wildman–Crippen LogP) is 2.20. The van der Waals surface area contributed by atoms with Gasteiger partial charge in [-0.05, 0) is 0 Å². The molecule has 120 valence electrons. The van der Waals surface area contributed by atoms with E-state index in [1.54, 1.807) is 14.2 Å². The van der Waals surface area contributed by atoms with E-state index < -0.39 is 25.5 Å². The van der Waals surface area contributed by atoms with Crippen molar-refractivity contribution in [3.05, 3.63) is 11.4 Å². The van der Waals surface area contributed by atoms with E-state index in [2.05, 4.69) is 31.0 Å². The first-order valence-electron chi connectivity index (χ1n) is 7.27. The van der Waals surface area contributed by atoms with Gasteiger partial charge >= 0.3 is 128 Å². The van der Waals surface area contributed by atoms with Crippen molar-refractivity contribution in [1.29, 1.82) is 0 Å². The number of hydrogen-bond acceptors (Lipinski definition) is 5. The zero-order valence-corrected chi connectivity index (χ0v) is 15.9. The number of nitrogens with zero attached hydrogens (tertiary/aromatic N) is 1. The first kappa shape index (κ1) is 18.2. The molecule has 0 radical (unpaired) electrons. The summed E-state index contributed by atoms with van der Waals surface area (Å²) in [5.41, 5.74) is 1.17. The van der Waals surface area contributed by atoms with Crippen molar-refractivity contribution in [2.24, 2.45) is 0 Å². The van der Waals surface area contributed by atoms with Crippen molar-refractivity contribution in [3.8, 4) is 0 Å². The van der Waals surface area contributed by atoms with E-state index in [0.29, 0.717) is 5.69 Å². The maximum absolute atomic E-state index is 12.1. The number of hydrogen-bond donors (Lipinski definition) is 1. The van der Waals surface area contributed by atoms with Crippen LogP contribution in [0.2, 0.25) is 15.8 Å². The number of H-pyrrole nitrogens is 1. The maximum atomic E-state index is 12.1. The predicted molar refractivity (Wildman–Crippen MR) is 83.5 cm³/mol. The molecule has 0 saturated carbocycles. The van der Waals surface area contributed by atoms with Crippen molar-refractivity contribution >= 4 is 23.6 Å². The van der Waals surface area contributed by atoms with Crippen LogP contribution in [-0.4, -0.2) is 50.8 Å². The second-order valence-electron chi connectivity index (χ2n) is 5.00. The summed E-state index contributed by atoms with van der Waals surface area (Å²) in [7, 11) is 4.54. The Kier molecular flexibility index (Phi) is 6.89. The van der Waals surface area contributed by atoms with Gasteiger partial charge in [-0.25, -0.2) is 0 Å². The molecule has 0 aliphatic rings. The molecule has 0 fully saturated rings. The van der Waals surface area contributed by atoms with Crippen LogP contribution in [0.15, 0.2) is 0 Å². The second-order valence-corrected chi connectivity index (χ2v) is 15.9. The summed E-state index contributed by atoms with van der Waals surface area (Å²) in [5, 5.41) is 10.4. The van der Waals surface area contributed by atoms with Crippen molar-refractivity contribution in [2.45, 2.75) is 42.8 Å². The topological polar surface area (TPSA) is 73.4 Å². The monoisotopic (exact) mass is 360 g/mol. The number of aromatic nitrogens is 2. The summed E-state index contributed by atoms with van der Waals surface area (Å²) in [6.45, 7) is 6.58. The number of carbonyl (C=O) groups is 1. The van der Waals surface area contributed by atoms with E-state index in [1.165, 1.54) is 7.11 Å². The molecule has 0 unspecified atom stereocenters. The Morgan fingerprint density at radius 2 is 1.67 bits per heavy atom. The van der Waals surface area contributed by atoms with E-state index in [1.807, 2.05) is 0 Å². The first-order valence-corrected chi connectivity index (χ1v) is 12.8. The Balaban J connectivity index is 3.55. The Morgan fingerprint density at radius 1 is 1.14 bits per heavy atom. The van der Waals surface area contributed by atoms with Crippen molar-refractivity contribution in [3.63, 3.8) is 0 Å². The van der Waals surface area contributed by atoms with Crippen molar-refractivity contribution < 1.29 is 19.0 Å². The molecule has 0 aromatic carbocycles. The zero-order chi connectivity index (χ0) is 16.0. The van der Waals surface area contributed by atoms with Gasteiger partial charge in [-0.2, -0.15) is 0 Å². The third kappa shape index (κ3) is 3.32. The fraction of sp³-hybridized carbons (Fsp3) is 0.714. The van der Waals surface area contributed by atoms with Gasteiger partial charge in [0.1, 0.15) is 0 Å². The SMILES string of the molecule is C[CH2][Ge]([CH2]C)([CH2]C)[c]1c(C(=O)OC)n[nH]c1C(OC)OC. The van der Waals surface area contributed by atoms with E-state index in [0.717, 1.165) is 25.8 Å². The number of nitrogens with one attached hydrogen (secondary N) is 1. The fourth-order valence-electron chi connectivity index (χ4n) is 2.92. The van der Waals surface area contributed by atoms with Gasteiger partial charge in [0.25, 0.3) is 0 Å². The molecule has 0 amide bonds. The van der Waals surface area contributed by atoms with E-state index in [-0.39, 0.29) is 0 Å². The summed E-state index contributed by atoms with van der Waals surface area (Å²) < 4.78 is 16.7. The second kappa shape index (κ2) is 7.96. The van der Waals surface area contributed by atoms with Crippen LogP contribution in [0.5, 0.6) is 0 Å². The molecule has 1 rings (SSSR count). The summed E-state index contributed by atoms with van der Waals surface area (Å²) in [5.74, 6) is -0.399. The van der Waals surface area contributed by atoms with Crippen LogP contribution in [-0.2, 0) is 14.2 Å². The van der Waals surface area contributed by atoms with Gasteiger partial charge in [-0.1, -0.05) is 0 Å². The summed E-state index contributed by atoms with van der Waals surface area (Å²) in [6.07, 6.45) is -0.541. The van der Waals surface area contributed by atoms with Crippen LogP contribution in [0.4, 0.5) is 0 Å². The zero-order valence-electron chi connectivity index (χ0n) is 13.8. The summed E-state index contributed by atoms with van der Waals surface area (Å²) in [4.78, 5) is 12.1. The summed E-state index contributed by atoms with van der Waals surface area (Å²) in [6, 6.07) is 0. The minimum atomic E-state index is -2.45. The average molecular weight is 359 g/mol. The molecule has 0 bridgehead atoms. The Bertz CT molecular complexity index is 459. The number of ether oxygens (including phenoxy) is 3. The number of rotatable bonds is 8. The molecule has 6 nitrogen and oxygen atoms in total. The van der Waals surface area contributed by atoms with Crippen LogP contribution < -0.4 is 4.40 Å². The van der Waals surface area contributed by atoms with E-state index in [4.69, 9.17) is 14.2 Å². The van der Waals surface area contributed by atoms with Crippen molar-refractivity contribution in [2.75, 3.05) is 21.3 Å². The Morgan fingerprint density at radius 3 is 2.05 bits per heavy atom. The van der Waals surface area contributed by atoms with Crippen molar-refractivity contribution in [1.82, 2.24) is 10.2 Å². The quantitative estimate of drug-likeness (QED) is 0.438. The number of carbonyl (C=O) groups excluding carboxylic acids is 1. The molecule has 0 spiro atoms. The molecule has 1 aromatic heterocycles. The van der Waals surface area contributed by atoms with Crippen LogP contribution in [0, 0.1) is 0 Å². The first-order chi connectivity index (χ1) is 10.0. The molecule has 1 heterocycles. The molecule has 1 N–H and O–H groups in total. The van der Waals surface area contributed by atoms with Gasteiger partial charge in [0, 0.05) is 0 Å². The summed E-state index contributed by atoms with van der Waals surface area (Å²) >= 11 is -2.45. The molecular weight excluding hydrogens is 333 g/mol. The molecule has 0 aliphatic carbocycles. The molecule has 0 atom stereocenters. The molecule has 0 saturated heterocycles. The standard InChI is InChI=1S/C14H26GeN2O4/c1-7-15(8-2,9-3)10-11(13(18)19-4)16-17-12(10)14(20-5)21-6/h14H,7-9H2,1-6H3,(H,16,17).